The maximum atomic E-state index is 12.3. The lowest BCUT2D eigenvalue weighted by Crippen LogP contribution is -2.53. The number of ether oxygens (including phenoxy) is 3. The number of ketones is 1. The predicted octanol–water partition coefficient (Wildman–Crippen LogP) is 3.91. The molecule has 0 spiro atoms. The van der Waals surface area contributed by atoms with Gasteiger partial charge in [-0.25, -0.2) is 0 Å². The molecular formula is C31H36BNO5. The van der Waals surface area contributed by atoms with E-state index in [2.05, 4.69) is 60.8 Å². The molecule has 0 aliphatic carbocycles. The van der Waals surface area contributed by atoms with E-state index in [0.717, 1.165) is 28.9 Å². The Balaban J connectivity index is 1.74. The van der Waals surface area contributed by atoms with Crippen LogP contribution in [0.5, 0.6) is 5.75 Å². The summed E-state index contributed by atoms with van der Waals surface area (Å²) < 4.78 is 17.2. The molecule has 0 amide bonds. The molecule has 1 fully saturated rings. The Morgan fingerprint density at radius 3 is 2.16 bits per heavy atom. The van der Waals surface area contributed by atoms with E-state index in [1.165, 1.54) is 12.5 Å². The van der Waals surface area contributed by atoms with Crippen molar-refractivity contribution in [3.8, 4) is 5.75 Å². The molecule has 1 N–H and O–H groups in total. The number of hydrogen-bond donors (Lipinski definition) is 1. The van der Waals surface area contributed by atoms with Crippen LogP contribution in [0.1, 0.15) is 48.4 Å². The number of Topliss-reactive ketones (excluding diaryl/α,β-unsaturated/α-hetero) is 1. The molecule has 198 valence electrons. The molecule has 38 heavy (non-hydrogen) atoms. The average molecular weight is 513 g/mol. The van der Waals surface area contributed by atoms with Gasteiger partial charge in [0.1, 0.15) is 32.1 Å². The summed E-state index contributed by atoms with van der Waals surface area (Å²) in [6.45, 7) is 3.68. The minimum atomic E-state index is -0.698. The van der Waals surface area contributed by atoms with Gasteiger partial charge in [-0.3, -0.25) is 10.1 Å². The SMILES string of the molecule is B[C@H]1C[C@H](NC(c2ccccc2)(c2ccc(C)cc2)c2ccc(OC)cc2)[C@@H](COC(=O)CCC(C)=O)O1. The minimum absolute atomic E-state index is 0.00391. The summed E-state index contributed by atoms with van der Waals surface area (Å²) in [7, 11) is 3.70. The number of nitrogens with one attached hydrogen (secondary N) is 1. The molecule has 3 aromatic rings. The third-order valence-corrected chi connectivity index (χ3v) is 7.15. The quantitative estimate of drug-likeness (QED) is 0.238. The lowest BCUT2D eigenvalue weighted by Gasteiger charge is -2.40. The number of carbonyl (C=O) groups is 2. The summed E-state index contributed by atoms with van der Waals surface area (Å²) >= 11 is 0. The van der Waals surface area contributed by atoms with E-state index < -0.39 is 5.54 Å². The fourth-order valence-electron chi connectivity index (χ4n) is 5.15. The van der Waals surface area contributed by atoms with Crippen LogP contribution in [0.3, 0.4) is 0 Å². The highest BCUT2D eigenvalue weighted by Crippen LogP contribution is 2.39. The van der Waals surface area contributed by atoms with Crippen molar-refractivity contribution in [1.29, 1.82) is 0 Å². The fourth-order valence-corrected chi connectivity index (χ4v) is 5.15. The van der Waals surface area contributed by atoms with E-state index in [0.29, 0.717) is 0 Å². The number of rotatable bonds is 11. The minimum Gasteiger partial charge on any atom is -0.497 e. The number of carbonyl (C=O) groups excluding carboxylic acids is 2. The van der Waals surface area contributed by atoms with Gasteiger partial charge >= 0.3 is 5.97 Å². The molecule has 0 radical (unpaired) electrons. The maximum Gasteiger partial charge on any atom is 0.306 e. The van der Waals surface area contributed by atoms with Crippen molar-refractivity contribution in [3.05, 3.63) is 101 Å². The van der Waals surface area contributed by atoms with Crippen molar-refractivity contribution in [1.82, 2.24) is 5.32 Å². The zero-order valence-corrected chi connectivity index (χ0v) is 22.6. The number of aryl methyl sites for hydroxylation is 1. The predicted molar refractivity (Wildman–Crippen MR) is 150 cm³/mol. The van der Waals surface area contributed by atoms with Crippen LogP contribution in [0.25, 0.3) is 0 Å². The highest BCUT2D eigenvalue weighted by Gasteiger charge is 2.43. The molecule has 1 heterocycles. The van der Waals surface area contributed by atoms with E-state index in [9.17, 15) is 9.59 Å². The topological polar surface area (TPSA) is 73.9 Å². The van der Waals surface area contributed by atoms with Gasteiger partial charge in [-0.1, -0.05) is 72.3 Å². The van der Waals surface area contributed by atoms with Gasteiger partial charge in [-0.2, -0.15) is 0 Å². The van der Waals surface area contributed by atoms with Crippen molar-refractivity contribution in [3.63, 3.8) is 0 Å². The monoisotopic (exact) mass is 513 g/mol. The highest BCUT2D eigenvalue weighted by molar-refractivity contribution is 6.11. The molecule has 1 aliphatic rings. The highest BCUT2D eigenvalue weighted by atomic mass is 16.6. The van der Waals surface area contributed by atoms with Gasteiger partial charge in [0.15, 0.2) is 0 Å². The first-order valence-electron chi connectivity index (χ1n) is 13.2. The lowest BCUT2D eigenvalue weighted by molar-refractivity contribution is -0.148. The zero-order chi connectivity index (χ0) is 27.1. The smallest absolute Gasteiger partial charge is 0.306 e. The van der Waals surface area contributed by atoms with Gasteiger partial charge in [-0.05, 0) is 49.1 Å². The van der Waals surface area contributed by atoms with Crippen LogP contribution in [0.4, 0.5) is 0 Å². The molecule has 0 bridgehead atoms. The summed E-state index contributed by atoms with van der Waals surface area (Å²) in [5.74, 6) is 0.371. The Hall–Kier alpha value is -3.42. The summed E-state index contributed by atoms with van der Waals surface area (Å²) in [5, 5.41) is 3.98. The van der Waals surface area contributed by atoms with E-state index >= 15 is 0 Å². The number of benzene rings is 3. The van der Waals surface area contributed by atoms with Gasteiger partial charge in [0.05, 0.1) is 19.1 Å². The van der Waals surface area contributed by atoms with Gasteiger partial charge in [0.2, 0.25) is 0 Å². The number of methoxy groups -OCH3 is 1. The fraction of sp³-hybridized carbons (Fsp3) is 0.355. The van der Waals surface area contributed by atoms with Crippen LogP contribution in [-0.2, 0) is 24.6 Å². The summed E-state index contributed by atoms with van der Waals surface area (Å²) in [5.41, 5.74) is 3.72. The van der Waals surface area contributed by atoms with Crippen LogP contribution in [0.15, 0.2) is 78.9 Å². The molecule has 7 heteroatoms. The lowest BCUT2D eigenvalue weighted by atomic mass is 9.75. The summed E-state index contributed by atoms with van der Waals surface area (Å²) in [4.78, 5) is 23.5. The molecular weight excluding hydrogens is 477 g/mol. The molecule has 4 rings (SSSR count). The van der Waals surface area contributed by atoms with E-state index in [1.807, 2.05) is 38.2 Å². The van der Waals surface area contributed by atoms with Crippen molar-refractivity contribution in [2.24, 2.45) is 0 Å². The van der Waals surface area contributed by atoms with Gasteiger partial charge < -0.3 is 19.0 Å². The standard InChI is InChI=1S/C31H36BNO5/c1-21-9-12-24(13-10-21)31(23-7-5-4-6-8-23,25-14-16-26(36-3)17-15-25)33-27-19-29(32)38-28(27)20-37-30(35)18-11-22(2)34/h4-10,12-17,27-29,33H,11,18-20,32H2,1-3H3/t27-,28+,29+,31?/m0/s1. The molecule has 1 unspecified atom stereocenters. The molecule has 3 aromatic carbocycles. The molecule has 6 nitrogen and oxygen atoms in total. The molecule has 0 saturated carbocycles. The van der Waals surface area contributed by atoms with E-state index in [-0.39, 0.29) is 49.4 Å². The van der Waals surface area contributed by atoms with Gasteiger partial charge in [0, 0.05) is 18.5 Å². The third kappa shape index (κ3) is 6.34. The second kappa shape index (κ2) is 12.4. The Labute approximate surface area is 226 Å². The summed E-state index contributed by atoms with van der Waals surface area (Å²) in [6.07, 6.45) is 0.688. The van der Waals surface area contributed by atoms with Crippen molar-refractivity contribution >= 4 is 19.6 Å². The zero-order valence-electron chi connectivity index (χ0n) is 22.6. The average Bonchev–Trinajstić information content (AvgIpc) is 3.29. The van der Waals surface area contributed by atoms with Crippen molar-refractivity contribution < 1.29 is 23.8 Å². The second-order valence-corrected chi connectivity index (χ2v) is 10.1. The van der Waals surface area contributed by atoms with Crippen LogP contribution >= 0.6 is 0 Å². The van der Waals surface area contributed by atoms with E-state index in [4.69, 9.17) is 14.2 Å². The van der Waals surface area contributed by atoms with Crippen LogP contribution in [0, 0.1) is 6.92 Å². The van der Waals surface area contributed by atoms with Crippen LogP contribution in [0.2, 0.25) is 0 Å². The molecule has 4 atom stereocenters. The molecule has 1 aliphatic heterocycles. The largest absolute Gasteiger partial charge is 0.497 e. The maximum absolute atomic E-state index is 12.3. The first-order valence-corrected chi connectivity index (χ1v) is 13.2. The molecule has 1 saturated heterocycles. The summed E-state index contributed by atoms with van der Waals surface area (Å²) in [6, 6.07) is 27.0. The first kappa shape index (κ1) is 27.6. The van der Waals surface area contributed by atoms with Gasteiger partial charge in [-0.15, -0.1) is 0 Å². The first-order chi connectivity index (χ1) is 18.3. The Kier molecular flexibility index (Phi) is 9.03. The number of esters is 1. The number of hydrogen-bond acceptors (Lipinski definition) is 6. The van der Waals surface area contributed by atoms with Crippen LogP contribution in [-0.4, -0.2) is 51.5 Å². The second-order valence-electron chi connectivity index (χ2n) is 10.1. The van der Waals surface area contributed by atoms with Crippen LogP contribution < -0.4 is 10.1 Å². The normalized spacial score (nSPS) is 20.4. The third-order valence-electron chi connectivity index (χ3n) is 7.15. The van der Waals surface area contributed by atoms with Crippen molar-refractivity contribution in [2.45, 2.75) is 56.8 Å². The Morgan fingerprint density at radius 1 is 0.947 bits per heavy atom. The Bertz CT molecular complexity index is 1220. The van der Waals surface area contributed by atoms with Crippen molar-refractivity contribution in [2.75, 3.05) is 13.7 Å². The van der Waals surface area contributed by atoms with Gasteiger partial charge in [0.25, 0.3) is 0 Å². The van der Waals surface area contributed by atoms with E-state index in [1.54, 1.807) is 7.11 Å². The molecule has 0 aromatic heterocycles. The Morgan fingerprint density at radius 2 is 1.55 bits per heavy atom.